The van der Waals surface area contributed by atoms with Crippen molar-refractivity contribution in [2.75, 3.05) is 55.6 Å². The molecule has 3 unspecified atom stereocenters. The summed E-state index contributed by atoms with van der Waals surface area (Å²) in [6.07, 6.45) is 10.2. The molecule has 12 N–H and O–H groups in total. The molecule has 0 saturated heterocycles. The zero-order valence-corrected chi connectivity index (χ0v) is 67.4. The smallest absolute Gasteiger partial charge is 0.333 e. The third kappa shape index (κ3) is 20.5. The minimum Gasteiger partial charge on any atom is -0.393 e. The molecule has 3 aliphatic carbocycles. The summed E-state index contributed by atoms with van der Waals surface area (Å²) in [7, 11) is -12.3. The van der Waals surface area contributed by atoms with Crippen LogP contribution in [-0.4, -0.2) is 164 Å². The summed E-state index contributed by atoms with van der Waals surface area (Å²) in [5.74, 6) is -0.861. The molecule has 30 nitrogen and oxygen atoms in total. The summed E-state index contributed by atoms with van der Waals surface area (Å²) < 4.78 is 99.1. The van der Waals surface area contributed by atoms with Crippen LogP contribution < -0.4 is 31.4 Å². The van der Waals surface area contributed by atoms with Gasteiger partial charge in [-0.2, -0.15) is 25.3 Å². The van der Waals surface area contributed by atoms with Crippen molar-refractivity contribution in [3.63, 3.8) is 0 Å². The van der Waals surface area contributed by atoms with Gasteiger partial charge in [0.25, 0.3) is 0 Å². The Balaban J connectivity index is 0.000000148. The number of carbonyl (C=O) groups is 3. The first-order valence-corrected chi connectivity index (χ1v) is 43.6. The van der Waals surface area contributed by atoms with Crippen LogP contribution in [0.3, 0.4) is 0 Å². The Kier molecular flexibility index (Phi) is 26.2. The number of aromatic nitrogens is 6. The van der Waals surface area contributed by atoms with Gasteiger partial charge in [0.1, 0.15) is 54.7 Å². The van der Waals surface area contributed by atoms with E-state index in [1.54, 1.807) is 0 Å². The highest BCUT2D eigenvalue weighted by Gasteiger charge is 2.40. The van der Waals surface area contributed by atoms with Gasteiger partial charge in [0.2, 0.25) is 17.3 Å². The second-order valence-electron chi connectivity index (χ2n) is 28.7. The number of hydrogen-bond acceptors (Lipinski definition) is 30. The largest absolute Gasteiger partial charge is 0.393 e. The fraction of sp³-hybridized carbons (Fsp3) is 0.408. The lowest BCUT2D eigenvalue weighted by Crippen LogP contribution is -2.24. The van der Waals surface area contributed by atoms with E-state index in [-0.39, 0.29) is 73.6 Å². The van der Waals surface area contributed by atoms with Crippen molar-refractivity contribution >= 4 is 111 Å². The molecule has 6 aromatic heterocycles. The lowest BCUT2D eigenvalue weighted by Gasteiger charge is -2.26. The van der Waals surface area contributed by atoms with E-state index in [1.807, 2.05) is 69.3 Å². The molecule has 600 valence electrons. The molecule has 6 aliphatic rings. The van der Waals surface area contributed by atoms with E-state index >= 15 is 0 Å². The number of thiophene rings is 3. The Morgan fingerprint density at radius 3 is 1.17 bits per heavy atom. The number of halogens is 1. The van der Waals surface area contributed by atoms with E-state index < -0.39 is 67.0 Å². The maximum absolute atomic E-state index is 13.6. The van der Waals surface area contributed by atoms with E-state index in [1.165, 1.54) is 88.3 Å². The Morgan fingerprint density at radius 2 is 0.796 bits per heavy atom. The molecular formula is C76H85ClN12O18S6. The number of fused-ring (bicyclic) bond motifs is 3. The fourth-order valence-electron chi connectivity index (χ4n) is 15.3. The fourth-order valence-corrected chi connectivity index (χ4v) is 19.6. The number of ketones is 3. The monoisotopic (exact) mass is 1680 g/mol. The Bertz CT molecular complexity index is 5150. The molecule has 3 aliphatic heterocycles. The number of ether oxygens (including phenoxy) is 3. The molecule has 3 fully saturated rings. The van der Waals surface area contributed by atoms with Crippen LogP contribution in [0.15, 0.2) is 116 Å². The number of aliphatic hydroxyl groups excluding tert-OH is 3. The quantitative estimate of drug-likeness (QED) is 0.0256. The Morgan fingerprint density at radius 1 is 0.460 bits per heavy atom. The van der Waals surface area contributed by atoms with Crippen LogP contribution in [0.5, 0.6) is 0 Å². The van der Waals surface area contributed by atoms with Gasteiger partial charge in [-0.05, 0) is 166 Å². The zero-order chi connectivity index (χ0) is 80.2. The molecular weight excluding hydrogens is 1600 g/mol. The van der Waals surface area contributed by atoms with Gasteiger partial charge in [-0.25, -0.2) is 45.3 Å². The standard InChI is InChI=1S/C26H30N4O6S2.C25H27ClN4O6S2.C25H28N4O6S2/c1-14-3-4-16-5-6-35-25(20(16)7-14)19-10-23(37-15(19)2)24(32)21-11-28-13-29-26(21)30-18-8-17(22(31)9-18)12-36-38(27,33)34;1-13-18(24-19-7-16(26)3-2-14(19)4-5-35-24)9-22(37-13)23(32)20-10-28-12-29-25(20)30-17-6-15(21(31)8-17)11-36-38(27,33)34;1-14-19(24-18-5-3-2-4-15(18)6-7-34-24)10-22(36-14)23(31)20-11-27-13-28-25(20)29-17-8-16(21(30)9-17)12-35-37(26,32)33/h3-4,7,10-11,13,17-18,22,25,31H,5-6,8-9,12H2,1-2H3,(H2,27,33,34)(H,28,29,30);2-3,7,9-10,12,15,17,21,24,31H,4-6,8,11H2,1H3,(H2,27,33,34)(H,28,29,30);2-5,10-11,13,16-17,21,24,30H,6-9,12H2,1H3,(H2,26,32,33)(H,27,28,29)/t17-,18-,22+,25?;15-,17-,21+,24?;16-,17-,21+,24?/m111/s1. The molecule has 3 aromatic carbocycles. The average Bonchev–Trinajstić information content (AvgIpc) is 1.73. The van der Waals surface area contributed by atoms with E-state index in [2.05, 4.69) is 95.7 Å². The predicted molar refractivity (Wildman–Crippen MR) is 423 cm³/mol. The molecule has 12 atom stereocenters. The van der Waals surface area contributed by atoms with Crippen LogP contribution in [0.2, 0.25) is 5.02 Å². The molecule has 0 radical (unpaired) electrons. The second-order valence-corrected chi connectivity index (χ2v) is 36.6. The summed E-state index contributed by atoms with van der Waals surface area (Å²) in [4.78, 5) is 70.5. The summed E-state index contributed by atoms with van der Waals surface area (Å²) in [5.41, 5.74) is 11.9. The molecule has 9 aromatic rings. The number of hydrogen-bond donors (Lipinski definition) is 9. The number of anilines is 3. The van der Waals surface area contributed by atoms with Crippen molar-refractivity contribution in [3.05, 3.63) is 223 Å². The van der Waals surface area contributed by atoms with Gasteiger partial charge in [0.05, 0.1) is 89.3 Å². The normalized spacial score (nSPS) is 23.4. The Hall–Kier alpha value is -7.93. The number of aryl methyl sites for hydroxylation is 4. The van der Waals surface area contributed by atoms with Gasteiger partial charge in [-0.3, -0.25) is 26.9 Å². The van der Waals surface area contributed by atoms with Gasteiger partial charge in [-0.15, -0.1) is 34.0 Å². The molecule has 15 rings (SSSR count). The number of nitrogens with two attached hydrogens (primary N) is 3. The minimum absolute atomic E-state index is 0.208. The number of aliphatic hydroxyl groups is 3. The second kappa shape index (κ2) is 35.7. The lowest BCUT2D eigenvalue weighted by atomic mass is 9.91. The molecule has 9 heterocycles. The summed E-state index contributed by atoms with van der Waals surface area (Å²) in [6, 6.07) is 25.4. The van der Waals surface area contributed by atoms with Crippen LogP contribution in [0.4, 0.5) is 17.5 Å². The van der Waals surface area contributed by atoms with Crippen LogP contribution in [0.1, 0.15) is 173 Å². The van der Waals surface area contributed by atoms with Crippen LogP contribution >= 0.6 is 45.6 Å². The van der Waals surface area contributed by atoms with E-state index in [4.69, 9.17) is 41.2 Å². The summed E-state index contributed by atoms with van der Waals surface area (Å²) in [5, 5.41) is 56.1. The van der Waals surface area contributed by atoms with Gasteiger partial charge < -0.3 is 45.5 Å². The average molecular weight is 1680 g/mol. The maximum atomic E-state index is 13.6. The molecule has 0 spiro atoms. The van der Waals surface area contributed by atoms with Gasteiger partial charge in [0, 0.05) is 74.1 Å². The topological polar surface area (TPSA) is 461 Å². The first-order chi connectivity index (χ1) is 53.9. The predicted octanol–water partition coefficient (Wildman–Crippen LogP) is 8.50. The van der Waals surface area contributed by atoms with Gasteiger partial charge in [0.15, 0.2) is 0 Å². The molecule has 3 saturated carbocycles. The third-order valence-electron chi connectivity index (χ3n) is 20.9. The summed E-state index contributed by atoms with van der Waals surface area (Å²) >= 11 is 10.5. The third-order valence-corrected chi connectivity index (χ3v) is 25.7. The van der Waals surface area contributed by atoms with Gasteiger partial charge in [-0.1, -0.05) is 65.7 Å². The molecule has 37 heteroatoms. The van der Waals surface area contributed by atoms with Crippen molar-refractivity contribution in [1.82, 2.24) is 29.9 Å². The highest BCUT2D eigenvalue weighted by molar-refractivity contribution is 7.84. The number of carbonyl (C=O) groups excluding carboxylic acids is 3. The van der Waals surface area contributed by atoms with E-state index in [9.17, 15) is 55.0 Å². The van der Waals surface area contributed by atoms with Crippen molar-refractivity contribution in [1.29, 1.82) is 0 Å². The maximum Gasteiger partial charge on any atom is 0.333 e. The van der Waals surface area contributed by atoms with Crippen molar-refractivity contribution in [2.24, 2.45) is 33.2 Å². The van der Waals surface area contributed by atoms with E-state index in [0.717, 1.165) is 72.8 Å². The van der Waals surface area contributed by atoms with Crippen LogP contribution in [0, 0.1) is 45.4 Å². The highest BCUT2D eigenvalue weighted by atomic mass is 35.5. The first-order valence-electron chi connectivity index (χ1n) is 36.4. The molecule has 113 heavy (non-hydrogen) atoms. The van der Waals surface area contributed by atoms with Crippen molar-refractivity contribution in [2.45, 2.75) is 140 Å². The SMILES string of the molecule is Cc1ccc2c(c1)C(c1cc(C(=O)c3cncnc3N[C@@H]3C[C@H](COS(N)(=O)=O)[C@@H](O)C3)sc1C)OCC2.Cc1sc(C(=O)c2cncnc2N[C@@H]2C[C@H](COS(N)(=O)=O)[C@@H](O)C2)cc1C1OCCc2ccc(Cl)cc21.Cc1sc(C(=O)c2cncnc2N[C@@H]2C[C@H](COS(N)(=O)=O)[C@@H](O)C2)cc1C1OCCc2ccccc21. The van der Waals surface area contributed by atoms with Crippen molar-refractivity contribution in [3.8, 4) is 0 Å². The molecule has 0 bridgehead atoms. The number of nitrogens with one attached hydrogen (secondary N) is 3. The van der Waals surface area contributed by atoms with E-state index in [0.29, 0.717) is 112 Å². The first kappa shape index (κ1) is 83.0. The van der Waals surface area contributed by atoms with Gasteiger partial charge >= 0.3 is 30.9 Å². The van der Waals surface area contributed by atoms with Crippen molar-refractivity contribution < 1.29 is 81.7 Å². The number of nitrogens with zero attached hydrogens (tertiary/aromatic N) is 6. The lowest BCUT2D eigenvalue weighted by molar-refractivity contribution is 0.0696. The zero-order valence-electron chi connectivity index (χ0n) is 61.7. The highest BCUT2D eigenvalue weighted by Crippen LogP contribution is 2.44. The summed E-state index contributed by atoms with van der Waals surface area (Å²) in [6.45, 7) is 9.18. The number of benzene rings is 3. The van der Waals surface area contributed by atoms with Crippen LogP contribution in [-0.2, 0) is 76.9 Å². The molecule has 0 amide bonds. The minimum atomic E-state index is -4.10. The van der Waals surface area contributed by atoms with Crippen LogP contribution in [0.25, 0.3) is 0 Å². The number of rotatable bonds is 24. The Labute approximate surface area is 670 Å².